The summed E-state index contributed by atoms with van der Waals surface area (Å²) in [5.74, 6) is -0.973. The minimum atomic E-state index is -0.975. The molecular weight excluding hydrogens is 239 g/mol. The third-order valence-corrected chi connectivity index (χ3v) is 2.41. The van der Waals surface area contributed by atoms with Crippen LogP contribution in [0.3, 0.4) is 0 Å². The number of carboxylic acid groups (broad SMARTS) is 1. The molecule has 0 aliphatic rings. The highest BCUT2D eigenvalue weighted by Gasteiger charge is 2.09. The van der Waals surface area contributed by atoms with Crippen LogP contribution in [0.25, 0.3) is 11.3 Å². The molecule has 2 rings (SSSR count). The number of hydrogen-bond donors (Lipinski definition) is 2. The fourth-order valence-electron chi connectivity index (χ4n) is 1.58. The van der Waals surface area contributed by atoms with Crippen LogP contribution >= 0.6 is 0 Å². The van der Waals surface area contributed by atoms with Gasteiger partial charge in [-0.05, 0) is 18.2 Å². The predicted octanol–water partition coefficient (Wildman–Crippen LogP) is 1.85. The van der Waals surface area contributed by atoms with E-state index in [-0.39, 0.29) is 12.2 Å². The van der Waals surface area contributed by atoms with Crippen LogP contribution in [0.15, 0.2) is 24.4 Å². The second-order valence-corrected chi connectivity index (χ2v) is 3.66. The summed E-state index contributed by atoms with van der Waals surface area (Å²) in [7, 11) is 1.39. The molecule has 1 aromatic carbocycles. The number of rotatable bonds is 4. The van der Waals surface area contributed by atoms with Crippen molar-refractivity contribution in [1.29, 1.82) is 0 Å². The van der Waals surface area contributed by atoms with E-state index >= 15 is 0 Å². The number of hydrogen-bond acceptors (Lipinski definition) is 3. The van der Waals surface area contributed by atoms with E-state index < -0.39 is 11.8 Å². The van der Waals surface area contributed by atoms with Gasteiger partial charge in [0.15, 0.2) is 11.6 Å². The Balaban J connectivity index is 2.28. The highest BCUT2D eigenvalue weighted by atomic mass is 19.1. The number of H-pyrrole nitrogens is 1. The van der Waals surface area contributed by atoms with Gasteiger partial charge in [-0.2, -0.15) is 0 Å². The standard InChI is InChI=1S/C12H11FN2O3/c1-18-10-3-2-7(4-8(10)13)9-6-14-11(15-9)5-12(16)17/h2-4,6H,5H2,1H3,(H,14,15)(H,16,17). The zero-order valence-electron chi connectivity index (χ0n) is 9.61. The number of nitrogens with zero attached hydrogens (tertiary/aromatic N) is 1. The van der Waals surface area contributed by atoms with Crippen molar-refractivity contribution < 1.29 is 19.0 Å². The minimum Gasteiger partial charge on any atom is -0.494 e. The molecule has 0 atom stereocenters. The molecule has 0 unspecified atom stereocenters. The van der Waals surface area contributed by atoms with E-state index in [0.29, 0.717) is 17.1 Å². The van der Waals surface area contributed by atoms with Crippen LogP contribution < -0.4 is 4.74 Å². The van der Waals surface area contributed by atoms with Crippen molar-refractivity contribution in [3.05, 3.63) is 36.0 Å². The first-order valence-electron chi connectivity index (χ1n) is 5.19. The minimum absolute atomic E-state index is 0.157. The van der Waals surface area contributed by atoms with Gasteiger partial charge in [-0.25, -0.2) is 9.37 Å². The van der Waals surface area contributed by atoms with Crippen molar-refractivity contribution in [1.82, 2.24) is 9.97 Å². The maximum Gasteiger partial charge on any atom is 0.311 e. The van der Waals surface area contributed by atoms with Crippen molar-refractivity contribution in [2.75, 3.05) is 7.11 Å². The summed E-state index contributed by atoms with van der Waals surface area (Å²) < 4.78 is 18.3. The molecule has 0 saturated heterocycles. The van der Waals surface area contributed by atoms with Gasteiger partial charge in [0.25, 0.3) is 0 Å². The van der Waals surface area contributed by atoms with Gasteiger partial charge in [0, 0.05) is 5.56 Å². The summed E-state index contributed by atoms with van der Waals surface area (Å²) in [5, 5.41) is 8.62. The number of carbonyl (C=O) groups is 1. The van der Waals surface area contributed by atoms with Crippen LogP contribution in [0.5, 0.6) is 5.75 Å². The van der Waals surface area contributed by atoms with E-state index in [4.69, 9.17) is 9.84 Å². The van der Waals surface area contributed by atoms with E-state index in [1.807, 2.05) is 0 Å². The highest BCUT2D eigenvalue weighted by molar-refractivity contribution is 5.69. The normalized spacial score (nSPS) is 10.3. The van der Waals surface area contributed by atoms with E-state index in [1.165, 1.54) is 25.4 Å². The van der Waals surface area contributed by atoms with Crippen molar-refractivity contribution in [3.63, 3.8) is 0 Å². The van der Waals surface area contributed by atoms with Gasteiger partial charge in [-0.1, -0.05) is 0 Å². The molecule has 2 aromatic rings. The Hall–Kier alpha value is -2.37. The molecule has 18 heavy (non-hydrogen) atoms. The lowest BCUT2D eigenvalue weighted by atomic mass is 10.1. The third kappa shape index (κ3) is 2.48. The Morgan fingerprint density at radius 1 is 1.56 bits per heavy atom. The molecule has 94 valence electrons. The molecular formula is C12H11FN2O3. The molecule has 0 aliphatic heterocycles. The number of benzene rings is 1. The zero-order chi connectivity index (χ0) is 13.1. The second kappa shape index (κ2) is 4.87. The van der Waals surface area contributed by atoms with Gasteiger partial charge in [-0.3, -0.25) is 4.79 Å². The molecule has 5 nitrogen and oxygen atoms in total. The number of ether oxygens (including phenoxy) is 1. The highest BCUT2D eigenvalue weighted by Crippen LogP contribution is 2.24. The lowest BCUT2D eigenvalue weighted by molar-refractivity contribution is -0.136. The molecule has 0 bridgehead atoms. The molecule has 0 aliphatic carbocycles. The van der Waals surface area contributed by atoms with Crippen LogP contribution in [-0.2, 0) is 11.2 Å². The monoisotopic (exact) mass is 250 g/mol. The molecule has 6 heteroatoms. The fraction of sp³-hybridized carbons (Fsp3) is 0.167. The van der Waals surface area contributed by atoms with Gasteiger partial charge in [0.2, 0.25) is 0 Å². The first kappa shape index (κ1) is 12.1. The summed E-state index contributed by atoms with van der Waals surface area (Å²) in [6.07, 6.45) is 1.28. The topological polar surface area (TPSA) is 75.2 Å². The molecule has 2 N–H and O–H groups in total. The molecule has 1 heterocycles. The summed E-state index contributed by atoms with van der Waals surface area (Å²) in [4.78, 5) is 17.3. The Bertz CT molecular complexity index is 580. The predicted molar refractivity (Wildman–Crippen MR) is 61.9 cm³/mol. The number of nitrogens with one attached hydrogen (secondary N) is 1. The van der Waals surface area contributed by atoms with Crippen molar-refractivity contribution in [2.24, 2.45) is 0 Å². The van der Waals surface area contributed by atoms with E-state index in [1.54, 1.807) is 6.07 Å². The van der Waals surface area contributed by atoms with Gasteiger partial charge >= 0.3 is 5.97 Å². The zero-order valence-corrected chi connectivity index (χ0v) is 9.61. The van der Waals surface area contributed by atoms with Crippen LogP contribution in [0, 0.1) is 5.82 Å². The smallest absolute Gasteiger partial charge is 0.311 e. The van der Waals surface area contributed by atoms with E-state index in [9.17, 15) is 9.18 Å². The summed E-state index contributed by atoms with van der Waals surface area (Å²) in [5.41, 5.74) is 1.14. The summed E-state index contributed by atoms with van der Waals surface area (Å²) >= 11 is 0. The van der Waals surface area contributed by atoms with Gasteiger partial charge in [-0.15, -0.1) is 0 Å². The molecule has 0 spiro atoms. The third-order valence-electron chi connectivity index (χ3n) is 2.41. The fourth-order valence-corrected chi connectivity index (χ4v) is 1.58. The molecule has 1 aromatic heterocycles. The van der Waals surface area contributed by atoms with Gasteiger partial charge in [0.1, 0.15) is 12.2 Å². The number of aromatic amines is 1. The maximum atomic E-state index is 13.5. The van der Waals surface area contributed by atoms with E-state index in [0.717, 1.165) is 0 Å². The Morgan fingerprint density at radius 2 is 2.33 bits per heavy atom. The lowest BCUT2D eigenvalue weighted by Crippen LogP contribution is -2.01. The number of halogens is 1. The summed E-state index contributed by atoms with van der Waals surface area (Å²) in [6, 6.07) is 4.47. The Labute approximate surface area is 102 Å². The average molecular weight is 250 g/mol. The number of aromatic nitrogens is 2. The van der Waals surface area contributed by atoms with Crippen molar-refractivity contribution >= 4 is 5.97 Å². The number of methoxy groups -OCH3 is 1. The van der Waals surface area contributed by atoms with Crippen molar-refractivity contribution in [2.45, 2.75) is 6.42 Å². The Morgan fingerprint density at radius 3 is 2.94 bits per heavy atom. The molecule has 0 saturated carbocycles. The number of imidazole rings is 1. The van der Waals surface area contributed by atoms with Gasteiger partial charge < -0.3 is 14.8 Å². The first-order valence-corrected chi connectivity index (χ1v) is 5.19. The Kier molecular flexibility index (Phi) is 3.27. The number of carboxylic acids is 1. The van der Waals surface area contributed by atoms with Gasteiger partial charge in [0.05, 0.1) is 19.0 Å². The van der Waals surface area contributed by atoms with Crippen LogP contribution in [0.1, 0.15) is 5.82 Å². The van der Waals surface area contributed by atoms with Crippen LogP contribution in [0.2, 0.25) is 0 Å². The summed E-state index contributed by atoms with van der Waals surface area (Å²) in [6.45, 7) is 0. The largest absolute Gasteiger partial charge is 0.494 e. The molecule has 0 radical (unpaired) electrons. The maximum absolute atomic E-state index is 13.5. The van der Waals surface area contributed by atoms with Crippen molar-refractivity contribution in [3.8, 4) is 17.0 Å². The lowest BCUT2D eigenvalue weighted by Gasteiger charge is -2.03. The van der Waals surface area contributed by atoms with Crippen LogP contribution in [0.4, 0.5) is 4.39 Å². The number of aliphatic carboxylic acids is 1. The molecule has 0 amide bonds. The average Bonchev–Trinajstić information content (AvgIpc) is 2.76. The quantitative estimate of drug-likeness (QED) is 0.868. The second-order valence-electron chi connectivity index (χ2n) is 3.66. The SMILES string of the molecule is COc1ccc(-c2cnc(CC(=O)O)[nH]2)cc1F. The van der Waals surface area contributed by atoms with Crippen LogP contribution in [-0.4, -0.2) is 28.2 Å². The first-order chi connectivity index (χ1) is 8.60. The van der Waals surface area contributed by atoms with E-state index in [2.05, 4.69) is 9.97 Å². The molecule has 0 fully saturated rings.